The number of nitrogens with one attached hydrogen (secondary N) is 3. The van der Waals surface area contributed by atoms with Crippen molar-refractivity contribution in [1.29, 1.82) is 0 Å². The van der Waals surface area contributed by atoms with Crippen LogP contribution in [0, 0.1) is 0 Å². The third-order valence-corrected chi connectivity index (χ3v) is 3.91. The lowest BCUT2D eigenvalue weighted by Crippen LogP contribution is -2.44. The number of hydrogen-bond donors (Lipinski definition) is 3. The van der Waals surface area contributed by atoms with Crippen molar-refractivity contribution in [3.8, 4) is 5.75 Å². The van der Waals surface area contributed by atoms with E-state index in [0.717, 1.165) is 25.9 Å². The van der Waals surface area contributed by atoms with E-state index in [1.807, 2.05) is 0 Å². The van der Waals surface area contributed by atoms with Gasteiger partial charge in [-0.25, -0.2) is 4.79 Å². The SMILES string of the molecule is COc1ccc(C(=O)NCCNC(=O)NCC(=O)N2CCCC2)cc1. The molecule has 8 nitrogen and oxygen atoms in total. The van der Waals surface area contributed by atoms with Gasteiger partial charge in [0.15, 0.2) is 0 Å². The molecule has 8 heteroatoms. The largest absolute Gasteiger partial charge is 0.497 e. The molecule has 1 aromatic rings. The van der Waals surface area contributed by atoms with Crippen LogP contribution in [0.2, 0.25) is 0 Å². The van der Waals surface area contributed by atoms with Gasteiger partial charge in [0.2, 0.25) is 5.91 Å². The minimum absolute atomic E-state index is 0.00988. The maximum Gasteiger partial charge on any atom is 0.315 e. The average molecular weight is 348 g/mol. The molecule has 1 aliphatic heterocycles. The Kier molecular flexibility index (Phi) is 7.06. The van der Waals surface area contributed by atoms with Crippen molar-refractivity contribution in [2.45, 2.75) is 12.8 Å². The van der Waals surface area contributed by atoms with Crippen molar-refractivity contribution in [2.75, 3.05) is 39.8 Å². The molecule has 0 aliphatic carbocycles. The number of benzene rings is 1. The van der Waals surface area contributed by atoms with Crippen LogP contribution < -0.4 is 20.7 Å². The molecule has 0 bridgehead atoms. The molecule has 3 N–H and O–H groups in total. The molecule has 0 aromatic heterocycles. The van der Waals surface area contributed by atoms with E-state index in [1.165, 1.54) is 0 Å². The number of rotatable bonds is 7. The summed E-state index contributed by atoms with van der Waals surface area (Å²) in [7, 11) is 1.56. The first-order chi connectivity index (χ1) is 12.1. The molecule has 1 heterocycles. The number of amides is 4. The first-order valence-corrected chi connectivity index (χ1v) is 8.32. The van der Waals surface area contributed by atoms with Crippen molar-refractivity contribution >= 4 is 17.8 Å². The van der Waals surface area contributed by atoms with Gasteiger partial charge < -0.3 is 25.6 Å². The van der Waals surface area contributed by atoms with E-state index in [2.05, 4.69) is 16.0 Å². The lowest BCUT2D eigenvalue weighted by Gasteiger charge is -2.15. The fourth-order valence-electron chi connectivity index (χ4n) is 2.49. The minimum atomic E-state index is -0.425. The van der Waals surface area contributed by atoms with E-state index in [9.17, 15) is 14.4 Å². The number of ether oxygens (including phenoxy) is 1. The highest BCUT2D eigenvalue weighted by Gasteiger charge is 2.17. The Hall–Kier alpha value is -2.77. The van der Waals surface area contributed by atoms with Gasteiger partial charge in [-0.1, -0.05) is 0 Å². The number of carbonyl (C=O) groups excluding carboxylic acids is 3. The van der Waals surface area contributed by atoms with Crippen LogP contribution in [0.25, 0.3) is 0 Å². The first kappa shape index (κ1) is 18.6. The summed E-state index contributed by atoms with van der Waals surface area (Å²) in [6.45, 7) is 2.08. The maximum absolute atomic E-state index is 11.9. The molecule has 136 valence electrons. The number of urea groups is 1. The van der Waals surface area contributed by atoms with Crippen molar-refractivity contribution in [1.82, 2.24) is 20.9 Å². The Morgan fingerprint density at radius 2 is 1.64 bits per heavy atom. The quantitative estimate of drug-likeness (QED) is 0.619. The summed E-state index contributed by atoms with van der Waals surface area (Å²) in [5.41, 5.74) is 0.515. The van der Waals surface area contributed by atoms with E-state index in [0.29, 0.717) is 17.9 Å². The summed E-state index contributed by atoms with van der Waals surface area (Å²) in [4.78, 5) is 37.1. The fourth-order valence-corrected chi connectivity index (χ4v) is 2.49. The Labute approximate surface area is 146 Å². The van der Waals surface area contributed by atoms with Gasteiger partial charge in [-0.3, -0.25) is 9.59 Å². The minimum Gasteiger partial charge on any atom is -0.497 e. The zero-order valence-electron chi connectivity index (χ0n) is 14.3. The van der Waals surface area contributed by atoms with Crippen LogP contribution in [0.4, 0.5) is 4.79 Å². The molecule has 2 rings (SSSR count). The maximum atomic E-state index is 11.9. The number of methoxy groups -OCH3 is 1. The van der Waals surface area contributed by atoms with Crippen LogP contribution in [0.1, 0.15) is 23.2 Å². The molecular weight excluding hydrogens is 324 g/mol. The second-order valence-electron chi connectivity index (χ2n) is 5.68. The van der Waals surface area contributed by atoms with Crippen LogP contribution in [-0.4, -0.2) is 62.6 Å². The second kappa shape index (κ2) is 9.51. The van der Waals surface area contributed by atoms with Crippen molar-refractivity contribution in [2.24, 2.45) is 0 Å². The molecule has 4 amide bonds. The number of nitrogens with zero attached hydrogens (tertiary/aromatic N) is 1. The molecule has 0 spiro atoms. The molecule has 1 saturated heterocycles. The molecule has 0 saturated carbocycles. The van der Waals surface area contributed by atoms with Gasteiger partial charge in [-0.05, 0) is 37.1 Å². The third-order valence-electron chi connectivity index (χ3n) is 3.91. The van der Waals surface area contributed by atoms with Crippen molar-refractivity contribution in [3.05, 3.63) is 29.8 Å². The molecule has 0 atom stereocenters. The summed E-state index contributed by atoms with van der Waals surface area (Å²) in [6.07, 6.45) is 2.04. The fraction of sp³-hybridized carbons (Fsp3) is 0.471. The van der Waals surface area contributed by atoms with E-state index in [1.54, 1.807) is 36.3 Å². The predicted molar refractivity (Wildman–Crippen MR) is 92.5 cm³/mol. The standard InChI is InChI=1S/C17H24N4O4/c1-25-14-6-4-13(5-7-14)16(23)18-8-9-19-17(24)20-12-15(22)21-10-2-3-11-21/h4-7H,2-3,8-12H2,1H3,(H,18,23)(H2,19,20,24). The molecule has 1 aliphatic rings. The van der Waals surface area contributed by atoms with Crippen LogP contribution >= 0.6 is 0 Å². The summed E-state index contributed by atoms with van der Waals surface area (Å²) in [5.74, 6) is 0.382. The van der Waals surface area contributed by atoms with Gasteiger partial charge in [0.1, 0.15) is 5.75 Å². The summed E-state index contributed by atoms with van der Waals surface area (Å²) >= 11 is 0. The van der Waals surface area contributed by atoms with Crippen LogP contribution in [0.15, 0.2) is 24.3 Å². The summed E-state index contributed by atoms with van der Waals surface area (Å²) < 4.78 is 5.03. The molecule has 1 aromatic carbocycles. The zero-order valence-corrected chi connectivity index (χ0v) is 14.3. The highest BCUT2D eigenvalue weighted by Crippen LogP contribution is 2.10. The Balaban J connectivity index is 1.59. The monoisotopic (exact) mass is 348 g/mol. The summed E-state index contributed by atoms with van der Waals surface area (Å²) in [6, 6.07) is 6.32. The van der Waals surface area contributed by atoms with E-state index >= 15 is 0 Å². The number of carbonyl (C=O) groups is 3. The van der Waals surface area contributed by atoms with Crippen LogP contribution in [0.3, 0.4) is 0 Å². The van der Waals surface area contributed by atoms with Crippen LogP contribution in [-0.2, 0) is 4.79 Å². The van der Waals surface area contributed by atoms with Gasteiger partial charge in [0, 0.05) is 31.7 Å². The first-order valence-electron chi connectivity index (χ1n) is 8.32. The molecule has 1 fully saturated rings. The summed E-state index contributed by atoms with van der Waals surface area (Å²) in [5, 5.41) is 7.83. The van der Waals surface area contributed by atoms with Crippen molar-refractivity contribution < 1.29 is 19.1 Å². The van der Waals surface area contributed by atoms with Crippen molar-refractivity contribution in [3.63, 3.8) is 0 Å². The van der Waals surface area contributed by atoms with Gasteiger partial charge in [0.05, 0.1) is 13.7 Å². The van der Waals surface area contributed by atoms with E-state index in [-0.39, 0.29) is 24.9 Å². The van der Waals surface area contributed by atoms with Gasteiger partial charge in [0.25, 0.3) is 5.91 Å². The molecule has 0 radical (unpaired) electrons. The third kappa shape index (κ3) is 5.98. The van der Waals surface area contributed by atoms with Gasteiger partial charge in [-0.15, -0.1) is 0 Å². The van der Waals surface area contributed by atoms with E-state index in [4.69, 9.17) is 4.74 Å². The molecule has 25 heavy (non-hydrogen) atoms. The molecular formula is C17H24N4O4. The normalized spacial score (nSPS) is 13.2. The van der Waals surface area contributed by atoms with Crippen LogP contribution in [0.5, 0.6) is 5.75 Å². The Morgan fingerprint density at radius 3 is 2.28 bits per heavy atom. The zero-order chi connectivity index (χ0) is 18.1. The smallest absolute Gasteiger partial charge is 0.315 e. The predicted octanol–water partition coefficient (Wildman–Crippen LogP) is 0.347. The van der Waals surface area contributed by atoms with Gasteiger partial charge in [-0.2, -0.15) is 0 Å². The lowest BCUT2D eigenvalue weighted by atomic mass is 10.2. The van der Waals surface area contributed by atoms with E-state index < -0.39 is 6.03 Å². The highest BCUT2D eigenvalue weighted by molar-refractivity contribution is 5.94. The lowest BCUT2D eigenvalue weighted by molar-refractivity contribution is -0.128. The number of hydrogen-bond acceptors (Lipinski definition) is 4. The average Bonchev–Trinajstić information content (AvgIpc) is 3.18. The molecule has 0 unspecified atom stereocenters. The van der Waals surface area contributed by atoms with Gasteiger partial charge >= 0.3 is 6.03 Å². The number of likely N-dealkylation sites (tertiary alicyclic amines) is 1. The topological polar surface area (TPSA) is 99.8 Å². The highest BCUT2D eigenvalue weighted by atomic mass is 16.5. The Bertz CT molecular complexity index is 597. The Morgan fingerprint density at radius 1 is 1.00 bits per heavy atom. The second-order valence-corrected chi connectivity index (χ2v) is 5.68.